The molecule has 3 aliphatic rings. The lowest BCUT2D eigenvalue weighted by molar-refractivity contribution is -0.134. The van der Waals surface area contributed by atoms with Crippen molar-refractivity contribution in [3.05, 3.63) is 0 Å². The second-order valence-electron chi connectivity index (χ2n) is 8.63. The number of hydrogen-bond acceptors (Lipinski definition) is 3. The summed E-state index contributed by atoms with van der Waals surface area (Å²) >= 11 is 0. The highest BCUT2D eigenvalue weighted by Gasteiger charge is 2.59. The molecule has 126 valence electrons. The van der Waals surface area contributed by atoms with Crippen LogP contribution in [0, 0.1) is 34.5 Å². The zero-order valence-corrected chi connectivity index (χ0v) is 14.4. The van der Waals surface area contributed by atoms with Crippen LogP contribution in [0.25, 0.3) is 0 Å². The molecule has 0 aromatic heterocycles. The average molecular weight is 308 g/mol. The number of methoxy groups -OCH3 is 1. The monoisotopic (exact) mass is 308 g/mol. The van der Waals surface area contributed by atoms with Gasteiger partial charge in [0.1, 0.15) is 6.29 Å². The first-order valence-electron chi connectivity index (χ1n) is 9.08. The average Bonchev–Trinajstić information content (AvgIpc) is 2.79. The molecule has 22 heavy (non-hydrogen) atoms. The van der Waals surface area contributed by atoms with Crippen LogP contribution in [0.5, 0.6) is 0 Å². The molecule has 0 aromatic rings. The Hall–Kier alpha value is -0.410. The highest BCUT2D eigenvalue weighted by Crippen LogP contribution is 2.64. The first-order valence-corrected chi connectivity index (χ1v) is 9.08. The van der Waals surface area contributed by atoms with Gasteiger partial charge in [-0.05, 0) is 73.0 Å². The molecule has 3 rings (SSSR count). The van der Waals surface area contributed by atoms with E-state index in [1.807, 2.05) is 0 Å². The number of ether oxygens (including phenoxy) is 1. The minimum Gasteiger partial charge on any atom is -0.393 e. The topological polar surface area (TPSA) is 46.5 Å². The van der Waals surface area contributed by atoms with Crippen LogP contribution < -0.4 is 0 Å². The number of fused-ring (bicyclic) bond motifs is 3. The molecule has 0 aromatic carbocycles. The number of hydrogen-bond donors (Lipinski definition) is 1. The third kappa shape index (κ3) is 2.27. The highest BCUT2D eigenvalue weighted by atomic mass is 16.5. The van der Waals surface area contributed by atoms with E-state index in [-0.39, 0.29) is 16.9 Å². The van der Waals surface area contributed by atoms with Gasteiger partial charge in [-0.1, -0.05) is 13.8 Å². The van der Waals surface area contributed by atoms with Gasteiger partial charge in [-0.15, -0.1) is 0 Å². The zero-order valence-electron chi connectivity index (χ0n) is 14.4. The SMILES string of the molecule is COCC1(C)C(CC=O)CCC2C3CCC(O)C3(C)CCC21. The van der Waals surface area contributed by atoms with Crippen LogP contribution in [-0.2, 0) is 9.53 Å². The summed E-state index contributed by atoms with van der Waals surface area (Å²) in [5.41, 5.74) is 0.250. The Kier molecular flexibility index (Phi) is 4.41. The fourth-order valence-corrected chi connectivity index (χ4v) is 6.55. The molecule has 1 N–H and O–H groups in total. The Morgan fingerprint density at radius 1 is 1.14 bits per heavy atom. The largest absolute Gasteiger partial charge is 0.393 e. The van der Waals surface area contributed by atoms with Crippen molar-refractivity contribution in [1.29, 1.82) is 0 Å². The molecule has 7 unspecified atom stereocenters. The Morgan fingerprint density at radius 2 is 1.91 bits per heavy atom. The minimum absolute atomic E-state index is 0.111. The number of carbonyl (C=O) groups is 1. The van der Waals surface area contributed by atoms with E-state index in [9.17, 15) is 9.90 Å². The maximum Gasteiger partial charge on any atom is 0.120 e. The second-order valence-corrected chi connectivity index (χ2v) is 8.63. The number of aldehydes is 1. The van der Waals surface area contributed by atoms with Crippen LogP contribution >= 0.6 is 0 Å². The Labute approximate surface area is 134 Å². The summed E-state index contributed by atoms with van der Waals surface area (Å²) < 4.78 is 5.60. The molecule has 0 spiro atoms. The quantitative estimate of drug-likeness (QED) is 0.809. The predicted molar refractivity (Wildman–Crippen MR) is 86.4 cm³/mol. The van der Waals surface area contributed by atoms with Crippen LogP contribution in [0.15, 0.2) is 0 Å². The van der Waals surface area contributed by atoms with E-state index in [0.29, 0.717) is 30.1 Å². The van der Waals surface area contributed by atoms with Crippen molar-refractivity contribution in [2.45, 2.75) is 64.9 Å². The normalized spacial score (nSPS) is 51.2. The first kappa shape index (κ1) is 16.4. The lowest BCUT2D eigenvalue weighted by atomic mass is 9.47. The van der Waals surface area contributed by atoms with Crippen molar-refractivity contribution in [3.8, 4) is 0 Å². The molecule has 0 heterocycles. The van der Waals surface area contributed by atoms with Crippen molar-refractivity contribution in [2.24, 2.45) is 34.5 Å². The first-order chi connectivity index (χ1) is 10.5. The van der Waals surface area contributed by atoms with Gasteiger partial charge in [0.2, 0.25) is 0 Å². The van der Waals surface area contributed by atoms with Gasteiger partial charge < -0.3 is 14.6 Å². The molecule has 0 radical (unpaired) electrons. The predicted octanol–water partition coefficient (Wildman–Crippen LogP) is 3.44. The molecule has 0 saturated heterocycles. The summed E-state index contributed by atoms with van der Waals surface area (Å²) in [7, 11) is 1.79. The Bertz CT molecular complexity index is 423. The van der Waals surface area contributed by atoms with E-state index >= 15 is 0 Å². The smallest absolute Gasteiger partial charge is 0.120 e. The second kappa shape index (κ2) is 5.90. The van der Waals surface area contributed by atoms with Gasteiger partial charge in [0.05, 0.1) is 12.7 Å². The van der Waals surface area contributed by atoms with E-state index in [2.05, 4.69) is 13.8 Å². The van der Waals surface area contributed by atoms with E-state index in [4.69, 9.17) is 4.74 Å². The summed E-state index contributed by atoms with van der Waals surface area (Å²) in [4.78, 5) is 11.1. The summed E-state index contributed by atoms with van der Waals surface area (Å²) in [6, 6.07) is 0. The van der Waals surface area contributed by atoms with Gasteiger partial charge in [0, 0.05) is 13.5 Å². The Balaban J connectivity index is 1.88. The van der Waals surface area contributed by atoms with Crippen LogP contribution in [-0.4, -0.2) is 31.2 Å². The molecule has 3 fully saturated rings. The van der Waals surface area contributed by atoms with E-state index in [1.54, 1.807) is 7.11 Å². The van der Waals surface area contributed by atoms with Crippen LogP contribution in [0.4, 0.5) is 0 Å². The third-order valence-electron chi connectivity index (χ3n) is 7.85. The number of aliphatic hydroxyl groups excluding tert-OH is 1. The summed E-state index contributed by atoms with van der Waals surface area (Å²) in [6.07, 6.45) is 8.51. The van der Waals surface area contributed by atoms with E-state index in [0.717, 1.165) is 32.2 Å². The summed E-state index contributed by atoms with van der Waals surface area (Å²) in [5, 5.41) is 10.5. The molecular weight excluding hydrogens is 276 g/mol. The van der Waals surface area contributed by atoms with Crippen molar-refractivity contribution < 1.29 is 14.6 Å². The lowest BCUT2D eigenvalue weighted by Gasteiger charge is -2.58. The molecule has 3 aliphatic carbocycles. The van der Waals surface area contributed by atoms with Crippen LogP contribution in [0.3, 0.4) is 0 Å². The summed E-state index contributed by atoms with van der Waals surface area (Å²) in [6.45, 7) is 5.44. The minimum atomic E-state index is -0.111. The van der Waals surface area contributed by atoms with Crippen molar-refractivity contribution in [3.63, 3.8) is 0 Å². The van der Waals surface area contributed by atoms with Gasteiger partial charge in [-0.25, -0.2) is 0 Å². The fourth-order valence-electron chi connectivity index (χ4n) is 6.55. The summed E-state index contributed by atoms with van der Waals surface area (Å²) in [5.74, 6) is 2.48. The molecule has 0 bridgehead atoms. The van der Waals surface area contributed by atoms with Gasteiger partial charge in [0.25, 0.3) is 0 Å². The van der Waals surface area contributed by atoms with Crippen LogP contribution in [0.1, 0.15) is 58.8 Å². The molecule has 3 heteroatoms. The number of rotatable bonds is 4. The van der Waals surface area contributed by atoms with Crippen LogP contribution in [0.2, 0.25) is 0 Å². The number of aliphatic hydroxyl groups is 1. The standard InChI is InChI=1S/C19H32O3/c1-18-10-8-16-14(15(18)6-7-17(18)21)5-4-13(9-11-20)19(16,2)12-22-3/h11,13-17,21H,4-10,12H2,1-3H3. The van der Waals surface area contributed by atoms with Crippen molar-refractivity contribution in [1.82, 2.24) is 0 Å². The lowest BCUT2D eigenvalue weighted by Crippen LogP contribution is -2.54. The van der Waals surface area contributed by atoms with Gasteiger partial charge in [0.15, 0.2) is 0 Å². The maximum absolute atomic E-state index is 11.1. The van der Waals surface area contributed by atoms with Crippen molar-refractivity contribution >= 4 is 6.29 Å². The maximum atomic E-state index is 11.1. The zero-order chi connectivity index (χ0) is 16.0. The van der Waals surface area contributed by atoms with E-state index in [1.165, 1.54) is 19.3 Å². The molecular formula is C19H32O3. The fraction of sp³-hybridized carbons (Fsp3) is 0.947. The van der Waals surface area contributed by atoms with Gasteiger partial charge >= 0.3 is 0 Å². The van der Waals surface area contributed by atoms with Crippen molar-refractivity contribution in [2.75, 3.05) is 13.7 Å². The molecule has 3 saturated carbocycles. The molecule has 3 nitrogen and oxygen atoms in total. The molecule has 0 amide bonds. The van der Waals surface area contributed by atoms with Gasteiger partial charge in [-0.3, -0.25) is 0 Å². The van der Waals surface area contributed by atoms with Gasteiger partial charge in [-0.2, -0.15) is 0 Å². The highest BCUT2D eigenvalue weighted by molar-refractivity contribution is 5.50. The van der Waals surface area contributed by atoms with E-state index < -0.39 is 0 Å². The molecule has 7 atom stereocenters. The third-order valence-corrected chi connectivity index (χ3v) is 7.85. The Morgan fingerprint density at radius 3 is 2.59 bits per heavy atom. The number of carbonyl (C=O) groups excluding carboxylic acids is 1. The molecule has 0 aliphatic heterocycles.